The molecule has 22 heavy (non-hydrogen) atoms. The normalized spacial score (nSPS) is 26.4. The fourth-order valence-corrected chi connectivity index (χ4v) is 3.99. The topological polar surface area (TPSA) is 57.5 Å². The molecule has 5 heteroatoms. The highest BCUT2D eigenvalue weighted by Gasteiger charge is 2.39. The number of likely N-dealkylation sites (tertiary alicyclic amines) is 1. The standard InChI is InChI=1S/C17H27N3O2/c1-19-8-7-13(11-19)10-18-17(22)20-12-15(21)9-16(20)14-5-3-2-4-6-14/h7-8,11,14-16,21H,2-6,9-10,12H2,1H3,(H,18,22)/t15-,16-/m1/s1. The van der Waals surface area contributed by atoms with Crippen LogP contribution in [-0.4, -0.2) is 39.3 Å². The van der Waals surface area contributed by atoms with Gasteiger partial charge in [-0.1, -0.05) is 19.3 Å². The summed E-state index contributed by atoms with van der Waals surface area (Å²) in [5, 5.41) is 13.0. The third-order valence-corrected chi connectivity index (χ3v) is 5.11. The molecule has 3 rings (SSSR count). The molecule has 2 heterocycles. The van der Waals surface area contributed by atoms with Gasteiger partial charge in [0.2, 0.25) is 0 Å². The summed E-state index contributed by atoms with van der Waals surface area (Å²) in [4.78, 5) is 14.4. The molecule has 1 aromatic heterocycles. The number of carbonyl (C=O) groups is 1. The van der Waals surface area contributed by atoms with Crippen LogP contribution in [0.2, 0.25) is 0 Å². The number of nitrogens with one attached hydrogen (secondary N) is 1. The first-order valence-electron chi connectivity index (χ1n) is 8.47. The van der Waals surface area contributed by atoms with Crippen molar-refractivity contribution in [3.8, 4) is 0 Å². The molecule has 1 aliphatic heterocycles. The molecular weight excluding hydrogens is 278 g/mol. The van der Waals surface area contributed by atoms with E-state index >= 15 is 0 Å². The Hall–Kier alpha value is -1.49. The number of aromatic nitrogens is 1. The van der Waals surface area contributed by atoms with Crippen LogP contribution < -0.4 is 5.32 Å². The van der Waals surface area contributed by atoms with Crippen molar-refractivity contribution >= 4 is 6.03 Å². The van der Waals surface area contributed by atoms with E-state index in [0.29, 0.717) is 19.0 Å². The molecule has 2 atom stereocenters. The molecule has 5 nitrogen and oxygen atoms in total. The number of aliphatic hydroxyl groups is 1. The summed E-state index contributed by atoms with van der Waals surface area (Å²) in [5.74, 6) is 0.563. The van der Waals surface area contributed by atoms with Crippen molar-refractivity contribution < 1.29 is 9.90 Å². The average Bonchev–Trinajstić information content (AvgIpc) is 3.11. The van der Waals surface area contributed by atoms with Crippen LogP contribution in [0.4, 0.5) is 4.79 Å². The van der Waals surface area contributed by atoms with Gasteiger partial charge in [-0.05, 0) is 36.8 Å². The zero-order valence-corrected chi connectivity index (χ0v) is 13.4. The highest BCUT2D eigenvalue weighted by Crippen LogP contribution is 2.34. The number of aliphatic hydroxyl groups excluding tert-OH is 1. The Morgan fingerprint density at radius 3 is 2.82 bits per heavy atom. The SMILES string of the molecule is Cn1ccc(CNC(=O)N2C[C@H](O)C[C@@H]2C2CCCCC2)c1. The number of hydrogen-bond donors (Lipinski definition) is 2. The molecule has 0 radical (unpaired) electrons. The van der Waals surface area contributed by atoms with E-state index in [2.05, 4.69) is 5.32 Å². The van der Waals surface area contributed by atoms with E-state index in [1.54, 1.807) is 0 Å². The molecule has 0 aromatic carbocycles. The first kappa shape index (κ1) is 15.4. The Morgan fingerprint density at radius 2 is 2.14 bits per heavy atom. The van der Waals surface area contributed by atoms with Gasteiger partial charge in [0.25, 0.3) is 0 Å². The van der Waals surface area contributed by atoms with E-state index in [0.717, 1.165) is 12.0 Å². The molecule has 0 unspecified atom stereocenters. The summed E-state index contributed by atoms with van der Waals surface area (Å²) in [7, 11) is 1.97. The van der Waals surface area contributed by atoms with Crippen LogP contribution in [-0.2, 0) is 13.6 Å². The zero-order valence-electron chi connectivity index (χ0n) is 13.4. The molecular formula is C17H27N3O2. The number of β-amino-alcohol motifs (C(OH)–C–C–N with tert-alkyl or cyclic N) is 1. The molecule has 2 amide bonds. The second-order valence-corrected chi connectivity index (χ2v) is 6.85. The average molecular weight is 305 g/mol. The molecule has 1 saturated heterocycles. The largest absolute Gasteiger partial charge is 0.391 e. The summed E-state index contributed by atoms with van der Waals surface area (Å²) in [6.45, 7) is 1.02. The van der Waals surface area contributed by atoms with E-state index in [-0.39, 0.29) is 18.2 Å². The van der Waals surface area contributed by atoms with E-state index in [1.807, 2.05) is 35.0 Å². The number of carbonyl (C=O) groups excluding carboxylic acids is 1. The van der Waals surface area contributed by atoms with Crippen LogP contribution in [0.1, 0.15) is 44.1 Å². The lowest BCUT2D eigenvalue weighted by Crippen LogP contribution is -2.46. The number of nitrogens with zero attached hydrogens (tertiary/aromatic N) is 2. The van der Waals surface area contributed by atoms with Crippen molar-refractivity contribution in [2.24, 2.45) is 13.0 Å². The monoisotopic (exact) mass is 305 g/mol. The molecule has 122 valence electrons. The number of amides is 2. The van der Waals surface area contributed by atoms with E-state index < -0.39 is 0 Å². The fourth-order valence-electron chi connectivity index (χ4n) is 3.99. The number of hydrogen-bond acceptors (Lipinski definition) is 2. The minimum Gasteiger partial charge on any atom is -0.391 e. The Kier molecular flexibility index (Phi) is 4.71. The highest BCUT2D eigenvalue weighted by molar-refractivity contribution is 5.75. The third kappa shape index (κ3) is 3.46. The van der Waals surface area contributed by atoms with Gasteiger partial charge in [0.1, 0.15) is 0 Å². The molecule has 0 spiro atoms. The molecule has 0 bridgehead atoms. The summed E-state index contributed by atoms with van der Waals surface area (Å²) in [5.41, 5.74) is 1.10. The maximum absolute atomic E-state index is 12.5. The number of aryl methyl sites for hydroxylation is 1. The Balaban J connectivity index is 1.59. The van der Waals surface area contributed by atoms with E-state index in [4.69, 9.17) is 0 Å². The summed E-state index contributed by atoms with van der Waals surface area (Å²) < 4.78 is 1.98. The number of rotatable bonds is 3. The van der Waals surface area contributed by atoms with Crippen molar-refractivity contribution in [3.63, 3.8) is 0 Å². The van der Waals surface area contributed by atoms with Gasteiger partial charge in [0.15, 0.2) is 0 Å². The predicted octanol–water partition coefficient (Wildman–Crippen LogP) is 2.25. The van der Waals surface area contributed by atoms with Gasteiger partial charge in [-0.25, -0.2) is 4.79 Å². The second kappa shape index (κ2) is 6.73. The van der Waals surface area contributed by atoms with Crippen molar-refractivity contribution in [3.05, 3.63) is 24.0 Å². The quantitative estimate of drug-likeness (QED) is 0.900. The summed E-state index contributed by atoms with van der Waals surface area (Å²) in [6.07, 6.45) is 10.6. The predicted molar refractivity (Wildman–Crippen MR) is 85.3 cm³/mol. The van der Waals surface area contributed by atoms with Crippen LogP contribution in [0.25, 0.3) is 0 Å². The van der Waals surface area contributed by atoms with Crippen LogP contribution in [0.5, 0.6) is 0 Å². The Morgan fingerprint density at radius 1 is 1.36 bits per heavy atom. The van der Waals surface area contributed by atoms with Crippen molar-refractivity contribution in [2.45, 2.75) is 57.2 Å². The lowest BCUT2D eigenvalue weighted by atomic mass is 9.83. The van der Waals surface area contributed by atoms with Crippen molar-refractivity contribution in [1.29, 1.82) is 0 Å². The smallest absolute Gasteiger partial charge is 0.318 e. The minimum absolute atomic E-state index is 0.0315. The molecule has 2 aliphatic rings. The van der Waals surface area contributed by atoms with Crippen LogP contribution in [0, 0.1) is 5.92 Å². The van der Waals surface area contributed by atoms with Gasteiger partial charge in [0.05, 0.1) is 6.10 Å². The van der Waals surface area contributed by atoms with Crippen LogP contribution >= 0.6 is 0 Å². The lowest BCUT2D eigenvalue weighted by molar-refractivity contribution is 0.153. The maximum atomic E-state index is 12.5. The molecule has 1 saturated carbocycles. The minimum atomic E-state index is -0.366. The molecule has 1 aromatic rings. The second-order valence-electron chi connectivity index (χ2n) is 6.85. The van der Waals surface area contributed by atoms with Crippen LogP contribution in [0.15, 0.2) is 18.5 Å². The van der Waals surface area contributed by atoms with Gasteiger partial charge in [-0.15, -0.1) is 0 Å². The van der Waals surface area contributed by atoms with Gasteiger partial charge >= 0.3 is 6.03 Å². The van der Waals surface area contributed by atoms with E-state index in [9.17, 15) is 9.90 Å². The highest BCUT2D eigenvalue weighted by atomic mass is 16.3. The van der Waals surface area contributed by atoms with Crippen molar-refractivity contribution in [1.82, 2.24) is 14.8 Å². The first-order chi connectivity index (χ1) is 10.6. The molecule has 2 N–H and O–H groups in total. The number of urea groups is 1. The van der Waals surface area contributed by atoms with Gasteiger partial charge in [-0.2, -0.15) is 0 Å². The van der Waals surface area contributed by atoms with Gasteiger partial charge in [-0.3, -0.25) is 0 Å². The van der Waals surface area contributed by atoms with Crippen molar-refractivity contribution in [2.75, 3.05) is 6.54 Å². The van der Waals surface area contributed by atoms with Gasteiger partial charge < -0.3 is 19.9 Å². The molecule has 1 aliphatic carbocycles. The Bertz CT molecular complexity index is 508. The van der Waals surface area contributed by atoms with Crippen LogP contribution in [0.3, 0.4) is 0 Å². The Labute approximate surface area is 132 Å². The maximum Gasteiger partial charge on any atom is 0.318 e. The van der Waals surface area contributed by atoms with E-state index in [1.165, 1.54) is 32.1 Å². The summed E-state index contributed by atoms with van der Waals surface area (Å²) in [6, 6.07) is 2.19. The third-order valence-electron chi connectivity index (χ3n) is 5.11. The van der Waals surface area contributed by atoms with Gasteiger partial charge in [0, 0.05) is 38.6 Å². The first-order valence-corrected chi connectivity index (χ1v) is 8.47. The summed E-state index contributed by atoms with van der Waals surface area (Å²) >= 11 is 0. The lowest BCUT2D eigenvalue weighted by Gasteiger charge is -2.33. The zero-order chi connectivity index (χ0) is 15.5. The fraction of sp³-hybridized carbons (Fsp3) is 0.706. The molecule has 2 fully saturated rings.